The Hall–Kier alpha value is -1.09. The maximum atomic E-state index is 5.60. The highest BCUT2D eigenvalue weighted by molar-refractivity contribution is 7.80. The Morgan fingerprint density at radius 3 is 2.71 bits per heavy atom. The van der Waals surface area contributed by atoms with Gasteiger partial charge in [0.1, 0.15) is 5.75 Å². The average Bonchev–Trinajstić information content (AvgIpc) is 2.25. The molecular formula is C14H21NOS. The summed E-state index contributed by atoms with van der Waals surface area (Å²) in [5.41, 5.74) is 8.11. The number of rotatable bonds is 6. The van der Waals surface area contributed by atoms with E-state index in [0.29, 0.717) is 10.9 Å². The van der Waals surface area contributed by atoms with Crippen LogP contribution < -0.4 is 10.5 Å². The smallest absolute Gasteiger partial charge is 0.119 e. The normalized spacial score (nSPS) is 12.2. The summed E-state index contributed by atoms with van der Waals surface area (Å²) in [7, 11) is 0. The number of thiocarbonyl (C=S) groups is 1. The van der Waals surface area contributed by atoms with Crippen molar-refractivity contribution in [3.05, 3.63) is 29.3 Å². The maximum Gasteiger partial charge on any atom is 0.119 e. The Bertz CT molecular complexity index is 390. The van der Waals surface area contributed by atoms with Crippen molar-refractivity contribution in [2.45, 2.75) is 39.5 Å². The molecule has 0 spiro atoms. The highest BCUT2D eigenvalue weighted by Crippen LogP contribution is 2.26. The van der Waals surface area contributed by atoms with Crippen LogP contribution in [0.4, 0.5) is 0 Å². The number of aryl methyl sites for hydroxylation is 1. The largest absolute Gasteiger partial charge is 0.494 e. The van der Waals surface area contributed by atoms with E-state index in [0.717, 1.165) is 25.2 Å². The number of hydrogen-bond acceptors (Lipinski definition) is 2. The molecule has 0 bridgehead atoms. The molecule has 1 atom stereocenters. The second-order valence-electron chi connectivity index (χ2n) is 4.44. The van der Waals surface area contributed by atoms with Crippen molar-refractivity contribution >= 4 is 17.2 Å². The highest BCUT2D eigenvalue weighted by atomic mass is 32.1. The lowest BCUT2D eigenvalue weighted by atomic mass is 9.93. The summed E-state index contributed by atoms with van der Waals surface area (Å²) in [6, 6.07) is 6.22. The molecule has 1 aromatic carbocycles. The van der Waals surface area contributed by atoms with E-state index < -0.39 is 0 Å². The molecule has 0 saturated heterocycles. The molecule has 3 heteroatoms. The monoisotopic (exact) mass is 251 g/mol. The van der Waals surface area contributed by atoms with Crippen LogP contribution in [0, 0.1) is 6.92 Å². The van der Waals surface area contributed by atoms with Crippen LogP contribution in [0.5, 0.6) is 5.75 Å². The lowest BCUT2D eigenvalue weighted by Gasteiger charge is -2.15. The first-order chi connectivity index (χ1) is 8.04. The summed E-state index contributed by atoms with van der Waals surface area (Å²) in [4.78, 5) is 0.572. The molecule has 0 saturated carbocycles. The topological polar surface area (TPSA) is 35.2 Å². The summed E-state index contributed by atoms with van der Waals surface area (Å²) in [5, 5.41) is 0. The van der Waals surface area contributed by atoms with Crippen molar-refractivity contribution in [1.82, 2.24) is 0 Å². The van der Waals surface area contributed by atoms with E-state index in [1.807, 2.05) is 6.07 Å². The van der Waals surface area contributed by atoms with Crippen LogP contribution in [0.3, 0.4) is 0 Å². The molecule has 17 heavy (non-hydrogen) atoms. The van der Waals surface area contributed by atoms with Gasteiger partial charge in [0, 0.05) is 6.42 Å². The lowest BCUT2D eigenvalue weighted by Crippen LogP contribution is -2.12. The van der Waals surface area contributed by atoms with E-state index in [1.54, 1.807) is 0 Å². The molecule has 0 heterocycles. The van der Waals surface area contributed by atoms with Crippen molar-refractivity contribution in [1.29, 1.82) is 0 Å². The Morgan fingerprint density at radius 2 is 2.18 bits per heavy atom. The lowest BCUT2D eigenvalue weighted by molar-refractivity contribution is 0.317. The molecule has 2 nitrogen and oxygen atoms in total. The summed E-state index contributed by atoms with van der Waals surface area (Å²) in [5.74, 6) is 1.31. The number of nitrogens with two attached hydrogens (primary N) is 1. The molecule has 1 aromatic rings. The Kier molecular flexibility index (Phi) is 5.42. The van der Waals surface area contributed by atoms with Gasteiger partial charge in [-0.15, -0.1) is 0 Å². The molecule has 0 radical (unpaired) electrons. The third-order valence-corrected chi connectivity index (χ3v) is 2.92. The van der Waals surface area contributed by atoms with Gasteiger partial charge in [-0.3, -0.25) is 0 Å². The first-order valence-electron chi connectivity index (χ1n) is 6.06. The highest BCUT2D eigenvalue weighted by Gasteiger charge is 2.10. The summed E-state index contributed by atoms with van der Waals surface area (Å²) < 4.78 is 5.60. The molecule has 94 valence electrons. The van der Waals surface area contributed by atoms with Gasteiger partial charge >= 0.3 is 0 Å². The van der Waals surface area contributed by atoms with Crippen molar-refractivity contribution in [3.8, 4) is 5.75 Å². The standard InChI is InChI=1S/C14H21NOS/c1-4-7-16-12-5-6-13(10(2)8-12)11(3)9-14(15)17/h5-6,8,11H,4,7,9H2,1-3H3,(H2,15,17). The van der Waals surface area contributed by atoms with Gasteiger partial charge in [-0.2, -0.15) is 0 Å². The van der Waals surface area contributed by atoms with Crippen molar-refractivity contribution in [2.75, 3.05) is 6.61 Å². The molecule has 0 aliphatic rings. The summed E-state index contributed by atoms with van der Waals surface area (Å²) >= 11 is 4.95. The quantitative estimate of drug-likeness (QED) is 0.785. The molecule has 1 unspecified atom stereocenters. The van der Waals surface area contributed by atoms with Gasteiger partial charge < -0.3 is 10.5 Å². The minimum absolute atomic E-state index is 0.368. The van der Waals surface area contributed by atoms with Crippen molar-refractivity contribution in [2.24, 2.45) is 5.73 Å². The molecular weight excluding hydrogens is 230 g/mol. The van der Waals surface area contributed by atoms with Crippen LogP contribution in [0.1, 0.15) is 43.7 Å². The zero-order chi connectivity index (χ0) is 12.8. The minimum atomic E-state index is 0.368. The van der Waals surface area contributed by atoms with E-state index in [4.69, 9.17) is 22.7 Å². The zero-order valence-electron chi connectivity index (χ0n) is 10.8. The first-order valence-corrected chi connectivity index (χ1v) is 6.47. The van der Waals surface area contributed by atoms with Gasteiger partial charge in [-0.25, -0.2) is 0 Å². The Morgan fingerprint density at radius 1 is 1.47 bits per heavy atom. The fourth-order valence-electron chi connectivity index (χ4n) is 1.92. The van der Waals surface area contributed by atoms with Crippen molar-refractivity contribution < 1.29 is 4.74 Å². The molecule has 0 fully saturated rings. The van der Waals surface area contributed by atoms with E-state index in [9.17, 15) is 0 Å². The van der Waals surface area contributed by atoms with E-state index in [-0.39, 0.29) is 0 Å². The van der Waals surface area contributed by atoms with E-state index in [1.165, 1.54) is 11.1 Å². The second kappa shape index (κ2) is 6.60. The van der Waals surface area contributed by atoms with Gasteiger partial charge in [0.05, 0.1) is 11.6 Å². The predicted molar refractivity (Wildman–Crippen MR) is 76.8 cm³/mol. The number of hydrogen-bond donors (Lipinski definition) is 1. The van der Waals surface area contributed by atoms with Crippen LogP contribution in [-0.2, 0) is 0 Å². The Labute approximate surface area is 109 Å². The van der Waals surface area contributed by atoms with E-state index >= 15 is 0 Å². The molecule has 0 aromatic heterocycles. The van der Waals surface area contributed by atoms with Crippen molar-refractivity contribution in [3.63, 3.8) is 0 Å². The van der Waals surface area contributed by atoms with Crippen LogP contribution in [0.15, 0.2) is 18.2 Å². The van der Waals surface area contributed by atoms with Gasteiger partial charge in [-0.05, 0) is 42.5 Å². The Balaban J connectivity index is 2.78. The molecule has 2 N–H and O–H groups in total. The van der Waals surface area contributed by atoms with E-state index in [2.05, 4.69) is 32.9 Å². The van der Waals surface area contributed by atoms with Gasteiger partial charge in [0.25, 0.3) is 0 Å². The average molecular weight is 251 g/mol. The van der Waals surface area contributed by atoms with Crippen LogP contribution in [-0.4, -0.2) is 11.6 Å². The number of benzene rings is 1. The molecule has 0 amide bonds. The SMILES string of the molecule is CCCOc1ccc(C(C)CC(N)=S)c(C)c1. The van der Waals surface area contributed by atoms with Crippen LogP contribution in [0.2, 0.25) is 0 Å². The third-order valence-electron chi connectivity index (χ3n) is 2.75. The number of ether oxygens (including phenoxy) is 1. The van der Waals surface area contributed by atoms with Gasteiger partial charge in [-0.1, -0.05) is 32.1 Å². The predicted octanol–water partition coefficient (Wildman–Crippen LogP) is 3.56. The fourth-order valence-corrected chi connectivity index (χ4v) is 2.17. The maximum absolute atomic E-state index is 5.60. The fraction of sp³-hybridized carbons (Fsp3) is 0.500. The summed E-state index contributed by atoms with van der Waals surface area (Å²) in [6.45, 7) is 7.12. The zero-order valence-corrected chi connectivity index (χ0v) is 11.6. The molecule has 0 aliphatic heterocycles. The first kappa shape index (κ1) is 14.0. The molecule has 1 rings (SSSR count). The third kappa shape index (κ3) is 4.35. The minimum Gasteiger partial charge on any atom is -0.494 e. The molecule has 0 aliphatic carbocycles. The van der Waals surface area contributed by atoms with Gasteiger partial charge in [0.15, 0.2) is 0 Å². The van der Waals surface area contributed by atoms with Crippen LogP contribution >= 0.6 is 12.2 Å². The van der Waals surface area contributed by atoms with Crippen LogP contribution in [0.25, 0.3) is 0 Å². The summed E-state index contributed by atoms with van der Waals surface area (Å²) in [6.07, 6.45) is 1.78. The van der Waals surface area contributed by atoms with Gasteiger partial charge in [0.2, 0.25) is 0 Å². The second-order valence-corrected chi connectivity index (χ2v) is 4.96.